The molecular formula is C24H18O2. The van der Waals surface area contributed by atoms with Crippen molar-refractivity contribution in [3.63, 3.8) is 0 Å². The van der Waals surface area contributed by atoms with Gasteiger partial charge in [0.2, 0.25) is 0 Å². The number of benzene rings is 4. The van der Waals surface area contributed by atoms with Gasteiger partial charge in [0.25, 0.3) is 0 Å². The molecule has 0 heterocycles. The first-order valence-electron chi connectivity index (χ1n) is 8.59. The zero-order valence-electron chi connectivity index (χ0n) is 14.3. The normalized spacial score (nSPS) is 10.6. The van der Waals surface area contributed by atoms with Crippen molar-refractivity contribution in [2.24, 2.45) is 0 Å². The summed E-state index contributed by atoms with van der Waals surface area (Å²) in [7, 11) is 0. The Kier molecular flexibility index (Phi) is 4.48. The standard InChI is InChI=1S/C24H18O2/c25-16-20-13-14-23(24-12-5-4-11-22(20)24)19-9-6-10-21(15-19)26-17-18-7-2-1-3-8-18/h1-16H,17H2. The number of ether oxygens (including phenoxy) is 1. The fraction of sp³-hybridized carbons (Fsp3) is 0.0417. The van der Waals surface area contributed by atoms with E-state index in [1.807, 2.05) is 66.7 Å². The minimum Gasteiger partial charge on any atom is -0.489 e. The first-order valence-corrected chi connectivity index (χ1v) is 8.59. The van der Waals surface area contributed by atoms with Crippen LogP contribution in [0.15, 0.2) is 91.0 Å². The lowest BCUT2D eigenvalue weighted by Crippen LogP contribution is -1.95. The van der Waals surface area contributed by atoms with Crippen LogP contribution in [0.25, 0.3) is 21.9 Å². The molecule has 0 unspecified atom stereocenters. The molecule has 0 spiro atoms. The lowest BCUT2D eigenvalue weighted by atomic mass is 9.95. The lowest BCUT2D eigenvalue weighted by molar-refractivity contribution is 0.112. The van der Waals surface area contributed by atoms with Crippen molar-refractivity contribution in [2.75, 3.05) is 0 Å². The number of rotatable bonds is 5. The Balaban J connectivity index is 1.69. The minimum absolute atomic E-state index is 0.537. The molecule has 4 rings (SSSR count). The van der Waals surface area contributed by atoms with Gasteiger partial charge in [-0.1, -0.05) is 78.9 Å². The van der Waals surface area contributed by atoms with E-state index in [9.17, 15) is 4.79 Å². The molecule has 0 saturated carbocycles. The highest BCUT2D eigenvalue weighted by molar-refractivity contribution is 6.05. The maximum absolute atomic E-state index is 11.3. The molecule has 126 valence electrons. The molecule has 0 N–H and O–H groups in total. The third kappa shape index (κ3) is 3.22. The van der Waals surface area contributed by atoms with E-state index in [1.54, 1.807) is 0 Å². The van der Waals surface area contributed by atoms with Crippen molar-refractivity contribution >= 4 is 17.1 Å². The number of hydrogen-bond acceptors (Lipinski definition) is 2. The molecule has 26 heavy (non-hydrogen) atoms. The van der Waals surface area contributed by atoms with Crippen LogP contribution < -0.4 is 4.74 Å². The summed E-state index contributed by atoms with van der Waals surface area (Å²) in [6.07, 6.45) is 0.908. The van der Waals surface area contributed by atoms with E-state index in [0.717, 1.165) is 39.5 Å². The SMILES string of the molecule is O=Cc1ccc(-c2cccc(OCc3ccccc3)c2)c2ccccc12. The summed E-state index contributed by atoms with van der Waals surface area (Å²) in [4.78, 5) is 11.3. The second-order valence-electron chi connectivity index (χ2n) is 6.17. The second kappa shape index (κ2) is 7.24. The van der Waals surface area contributed by atoms with Gasteiger partial charge in [-0.25, -0.2) is 0 Å². The fourth-order valence-electron chi connectivity index (χ4n) is 3.17. The molecule has 4 aromatic rings. The Morgan fingerprint density at radius 1 is 0.731 bits per heavy atom. The fourth-order valence-corrected chi connectivity index (χ4v) is 3.17. The molecule has 0 fully saturated rings. The number of fused-ring (bicyclic) bond motifs is 1. The van der Waals surface area contributed by atoms with Crippen molar-refractivity contribution in [3.8, 4) is 16.9 Å². The third-order valence-corrected chi connectivity index (χ3v) is 4.48. The van der Waals surface area contributed by atoms with Gasteiger partial charge in [0, 0.05) is 5.56 Å². The molecule has 0 amide bonds. The first kappa shape index (κ1) is 16.1. The maximum atomic E-state index is 11.3. The summed E-state index contributed by atoms with van der Waals surface area (Å²) < 4.78 is 5.95. The number of hydrogen-bond donors (Lipinski definition) is 0. The average molecular weight is 338 g/mol. The summed E-state index contributed by atoms with van der Waals surface area (Å²) in [5.74, 6) is 0.829. The molecule has 4 aromatic carbocycles. The van der Waals surface area contributed by atoms with Gasteiger partial charge < -0.3 is 4.74 Å². The van der Waals surface area contributed by atoms with Crippen LogP contribution in [0.2, 0.25) is 0 Å². The van der Waals surface area contributed by atoms with Crippen LogP contribution in [0.4, 0.5) is 0 Å². The quantitative estimate of drug-likeness (QED) is 0.424. The Hall–Kier alpha value is -3.39. The van der Waals surface area contributed by atoms with Crippen LogP contribution in [0.3, 0.4) is 0 Å². The monoisotopic (exact) mass is 338 g/mol. The minimum atomic E-state index is 0.537. The predicted molar refractivity (Wildman–Crippen MR) is 106 cm³/mol. The van der Waals surface area contributed by atoms with Crippen LogP contribution in [0.1, 0.15) is 15.9 Å². The lowest BCUT2D eigenvalue weighted by Gasteiger charge is -2.11. The van der Waals surface area contributed by atoms with Crippen molar-refractivity contribution in [1.82, 2.24) is 0 Å². The Morgan fingerprint density at radius 3 is 2.31 bits per heavy atom. The van der Waals surface area contributed by atoms with Crippen molar-refractivity contribution in [3.05, 3.63) is 102 Å². The zero-order chi connectivity index (χ0) is 17.8. The van der Waals surface area contributed by atoms with E-state index in [-0.39, 0.29) is 0 Å². The van der Waals surface area contributed by atoms with E-state index in [0.29, 0.717) is 12.2 Å². The Bertz CT molecular complexity index is 1050. The summed E-state index contributed by atoms with van der Waals surface area (Å²) in [6.45, 7) is 0.537. The van der Waals surface area contributed by atoms with E-state index < -0.39 is 0 Å². The molecule has 0 radical (unpaired) electrons. The van der Waals surface area contributed by atoms with Crippen molar-refractivity contribution in [1.29, 1.82) is 0 Å². The van der Waals surface area contributed by atoms with Gasteiger partial charge in [0.05, 0.1) is 0 Å². The van der Waals surface area contributed by atoms with E-state index in [4.69, 9.17) is 4.74 Å². The van der Waals surface area contributed by atoms with E-state index >= 15 is 0 Å². The van der Waals surface area contributed by atoms with Gasteiger partial charge in [0.15, 0.2) is 6.29 Å². The second-order valence-corrected chi connectivity index (χ2v) is 6.17. The van der Waals surface area contributed by atoms with Crippen molar-refractivity contribution < 1.29 is 9.53 Å². The van der Waals surface area contributed by atoms with Gasteiger partial charge >= 0.3 is 0 Å². The summed E-state index contributed by atoms with van der Waals surface area (Å²) in [6, 6.07) is 30.1. The molecule has 0 aliphatic carbocycles. The van der Waals surface area contributed by atoms with Gasteiger partial charge in [-0.05, 0) is 39.6 Å². The van der Waals surface area contributed by atoms with Gasteiger partial charge in [-0.2, -0.15) is 0 Å². The largest absolute Gasteiger partial charge is 0.489 e. The molecule has 0 saturated heterocycles. The van der Waals surface area contributed by atoms with Crippen molar-refractivity contribution in [2.45, 2.75) is 6.61 Å². The third-order valence-electron chi connectivity index (χ3n) is 4.48. The number of carbonyl (C=O) groups is 1. The number of carbonyl (C=O) groups excluding carboxylic acids is 1. The molecule has 0 atom stereocenters. The zero-order valence-corrected chi connectivity index (χ0v) is 14.3. The highest BCUT2D eigenvalue weighted by Gasteiger charge is 2.08. The first-order chi connectivity index (χ1) is 12.8. The smallest absolute Gasteiger partial charge is 0.150 e. The van der Waals surface area contributed by atoms with Crippen LogP contribution in [-0.2, 0) is 6.61 Å². The maximum Gasteiger partial charge on any atom is 0.150 e. The van der Waals surface area contributed by atoms with Crippen LogP contribution in [0.5, 0.6) is 5.75 Å². The van der Waals surface area contributed by atoms with E-state index in [1.165, 1.54) is 0 Å². The van der Waals surface area contributed by atoms with Crippen LogP contribution in [-0.4, -0.2) is 6.29 Å². The molecule has 2 heteroatoms. The average Bonchev–Trinajstić information content (AvgIpc) is 2.72. The topological polar surface area (TPSA) is 26.3 Å². The van der Waals surface area contributed by atoms with Gasteiger partial charge in [-0.15, -0.1) is 0 Å². The molecule has 0 bridgehead atoms. The van der Waals surface area contributed by atoms with Crippen LogP contribution in [0, 0.1) is 0 Å². The summed E-state index contributed by atoms with van der Waals surface area (Å²) in [5, 5.41) is 2.04. The Labute approximate surface area is 152 Å². The van der Waals surface area contributed by atoms with Gasteiger partial charge in [0.1, 0.15) is 12.4 Å². The molecular weight excluding hydrogens is 320 g/mol. The number of aldehydes is 1. The molecule has 0 aliphatic heterocycles. The Morgan fingerprint density at radius 2 is 1.50 bits per heavy atom. The van der Waals surface area contributed by atoms with E-state index in [2.05, 4.69) is 24.3 Å². The highest BCUT2D eigenvalue weighted by Crippen LogP contribution is 2.32. The summed E-state index contributed by atoms with van der Waals surface area (Å²) >= 11 is 0. The summed E-state index contributed by atoms with van der Waals surface area (Å²) in [5.41, 5.74) is 4.01. The van der Waals surface area contributed by atoms with Gasteiger partial charge in [-0.3, -0.25) is 4.79 Å². The molecule has 2 nitrogen and oxygen atoms in total. The molecule has 0 aromatic heterocycles. The molecule has 0 aliphatic rings. The highest BCUT2D eigenvalue weighted by atomic mass is 16.5. The van der Waals surface area contributed by atoms with Crippen LogP contribution >= 0.6 is 0 Å². The predicted octanol–water partition coefficient (Wildman–Crippen LogP) is 5.90.